The van der Waals surface area contributed by atoms with Gasteiger partial charge in [0.2, 0.25) is 0 Å². The van der Waals surface area contributed by atoms with Crippen LogP contribution in [0.5, 0.6) is 0 Å². The fraction of sp³-hybridized carbons (Fsp3) is 0.667. The number of rotatable bonds is 3. The van der Waals surface area contributed by atoms with Gasteiger partial charge in [0.25, 0.3) is 0 Å². The van der Waals surface area contributed by atoms with Gasteiger partial charge < -0.3 is 5.11 Å². The smallest absolute Gasteiger partial charge is 0.0684 e. The van der Waals surface area contributed by atoms with E-state index in [1.807, 2.05) is 0 Å². The predicted octanol–water partition coefficient (Wildman–Crippen LogP) is 4.37. The molecule has 3 rings (SSSR count). The summed E-state index contributed by atoms with van der Waals surface area (Å²) < 4.78 is 0. The first kappa shape index (κ1) is 13.2. The molecule has 0 saturated heterocycles. The lowest BCUT2D eigenvalue weighted by Crippen LogP contribution is -2.39. The second-order valence-electron chi connectivity index (χ2n) is 7.06. The Morgan fingerprint density at radius 1 is 1.21 bits per heavy atom. The summed E-state index contributed by atoms with van der Waals surface area (Å²) in [7, 11) is 0. The average Bonchev–Trinajstić information content (AvgIpc) is 3.21. The van der Waals surface area contributed by atoms with Gasteiger partial charge >= 0.3 is 0 Å². The van der Waals surface area contributed by atoms with E-state index in [9.17, 15) is 5.11 Å². The normalized spacial score (nSPS) is 38.4. The molecule has 2 aliphatic rings. The first-order chi connectivity index (χ1) is 9.10. The van der Waals surface area contributed by atoms with Crippen molar-refractivity contribution in [3.63, 3.8) is 0 Å². The molecule has 2 fully saturated rings. The number of aliphatic hydroxyl groups is 1. The van der Waals surface area contributed by atoms with Gasteiger partial charge in [-0.1, -0.05) is 50.6 Å². The van der Waals surface area contributed by atoms with E-state index in [1.165, 1.54) is 24.8 Å². The van der Waals surface area contributed by atoms with Crippen LogP contribution in [0.15, 0.2) is 30.3 Å². The molecule has 19 heavy (non-hydrogen) atoms. The van der Waals surface area contributed by atoms with Crippen molar-refractivity contribution in [3.05, 3.63) is 35.9 Å². The molecule has 1 heteroatoms. The maximum Gasteiger partial charge on any atom is 0.0684 e. The number of benzene rings is 1. The summed E-state index contributed by atoms with van der Waals surface area (Å²) in [6.07, 6.45) is 5.74. The van der Waals surface area contributed by atoms with Crippen LogP contribution < -0.4 is 0 Å². The van der Waals surface area contributed by atoms with Crippen molar-refractivity contribution in [2.45, 2.75) is 57.5 Å². The maximum absolute atomic E-state index is 11.1. The second-order valence-corrected chi connectivity index (χ2v) is 7.06. The lowest BCUT2D eigenvalue weighted by molar-refractivity contribution is -0.0443. The Morgan fingerprint density at radius 2 is 1.95 bits per heavy atom. The highest BCUT2D eigenvalue weighted by molar-refractivity contribution is 5.28. The molecule has 1 nitrogen and oxygen atoms in total. The summed E-state index contributed by atoms with van der Waals surface area (Å²) in [5, 5.41) is 11.1. The van der Waals surface area contributed by atoms with Crippen LogP contribution in [0.25, 0.3) is 0 Å². The zero-order chi connectivity index (χ0) is 13.5. The van der Waals surface area contributed by atoms with E-state index < -0.39 is 0 Å². The van der Waals surface area contributed by atoms with Crippen molar-refractivity contribution in [1.29, 1.82) is 0 Å². The molecule has 2 aliphatic carbocycles. The van der Waals surface area contributed by atoms with Gasteiger partial charge in [0.1, 0.15) is 0 Å². The largest absolute Gasteiger partial charge is 0.390 e. The Morgan fingerprint density at radius 3 is 2.63 bits per heavy atom. The Balaban J connectivity index is 1.70. The van der Waals surface area contributed by atoms with Crippen molar-refractivity contribution >= 4 is 0 Å². The maximum atomic E-state index is 11.1. The van der Waals surface area contributed by atoms with Gasteiger partial charge in [-0.15, -0.1) is 0 Å². The molecule has 104 valence electrons. The van der Waals surface area contributed by atoms with Gasteiger partial charge in [-0.3, -0.25) is 0 Å². The molecular formula is C18H26O. The SMILES string of the molecule is CC(C)C1CCCC(O)(C2CC2c2ccccc2)C1. The third-order valence-electron chi connectivity index (χ3n) is 5.45. The number of hydrogen-bond acceptors (Lipinski definition) is 1. The summed E-state index contributed by atoms with van der Waals surface area (Å²) in [5.41, 5.74) is 1.04. The molecule has 1 N–H and O–H groups in total. The lowest BCUT2D eigenvalue weighted by atomic mass is 9.71. The van der Waals surface area contributed by atoms with Crippen molar-refractivity contribution in [1.82, 2.24) is 0 Å². The molecule has 0 aromatic heterocycles. The summed E-state index contributed by atoms with van der Waals surface area (Å²) in [4.78, 5) is 0. The van der Waals surface area contributed by atoms with Gasteiger partial charge in [-0.2, -0.15) is 0 Å². The fourth-order valence-electron chi connectivity index (χ4n) is 4.09. The van der Waals surface area contributed by atoms with E-state index >= 15 is 0 Å². The first-order valence-corrected chi connectivity index (χ1v) is 7.87. The monoisotopic (exact) mass is 258 g/mol. The van der Waals surface area contributed by atoms with E-state index in [1.54, 1.807) is 0 Å². The van der Waals surface area contributed by atoms with Gasteiger partial charge in [0.05, 0.1) is 5.60 Å². The minimum Gasteiger partial charge on any atom is -0.390 e. The minimum absolute atomic E-state index is 0.381. The quantitative estimate of drug-likeness (QED) is 0.853. The van der Waals surface area contributed by atoms with Crippen molar-refractivity contribution in [2.24, 2.45) is 17.8 Å². The molecule has 2 saturated carbocycles. The Hall–Kier alpha value is -0.820. The van der Waals surface area contributed by atoms with Crippen LogP contribution in [0, 0.1) is 17.8 Å². The third kappa shape index (κ3) is 2.58. The van der Waals surface area contributed by atoms with Gasteiger partial charge in [-0.05, 0) is 54.9 Å². The van der Waals surface area contributed by atoms with Gasteiger partial charge in [0, 0.05) is 0 Å². The summed E-state index contributed by atoms with van der Waals surface area (Å²) in [5.74, 6) is 2.55. The Bertz CT molecular complexity index is 425. The van der Waals surface area contributed by atoms with Crippen LogP contribution in [0.2, 0.25) is 0 Å². The molecule has 0 aliphatic heterocycles. The molecule has 1 aromatic rings. The zero-order valence-electron chi connectivity index (χ0n) is 12.2. The molecule has 0 spiro atoms. The molecule has 1 aromatic carbocycles. The Kier molecular flexibility index (Phi) is 3.42. The van der Waals surface area contributed by atoms with E-state index in [-0.39, 0.29) is 5.60 Å². The minimum atomic E-state index is -0.381. The highest BCUT2D eigenvalue weighted by atomic mass is 16.3. The second kappa shape index (κ2) is 4.94. The molecule has 4 unspecified atom stereocenters. The highest BCUT2D eigenvalue weighted by Crippen LogP contribution is 2.58. The predicted molar refractivity (Wildman–Crippen MR) is 79.0 cm³/mol. The highest BCUT2D eigenvalue weighted by Gasteiger charge is 2.53. The summed E-state index contributed by atoms with van der Waals surface area (Å²) in [6, 6.07) is 10.7. The van der Waals surface area contributed by atoms with E-state index in [0.717, 1.165) is 18.8 Å². The van der Waals surface area contributed by atoms with Crippen LogP contribution >= 0.6 is 0 Å². The topological polar surface area (TPSA) is 20.2 Å². The fourth-order valence-corrected chi connectivity index (χ4v) is 4.09. The van der Waals surface area contributed by atoms with E-state index in [0.29, 0.717) is 17.8 Å². The van der Waals surface area contributed by atoms with Crippen LogP contribution in [-0.4, -0.2) is 10.7 Å². The van der Waals surface area contributed by atoms with Gasteiger partial charge in [-0.25, -0.2) is 0 Å². The summed E-state index contributed by atoms with van der Waals surface area (Å²) >= 11 is 0. The van der Waals surface area contributed by atoms with Crippen LogP contribution in [0.1, 0.15) is 57.4 Å². The molecule has 0 bridgehead atoms. The van der Waals surface area contributed by atoms with Crippen LogP contribution in [0.4, 0.5) is 0 Å². The summed E-state index contributed by atoms with van der Waals surface area (Å²) in [6.45, 7) is 4.61. The standard InChI is InChI=1S/C18H26O/c1-13(2)15-9-6-10-18(19,12-15)17-11-16(17)14-7-4-3-5-8-14/h3-5,7-8,13,15-17,19H,6,9-12H2,1-2H3. The number of hydrogen-bond donors (Lipinski definition) is 1. The van der Waals surface area contributed by atoms with Crippen LogP contribution in [0.3, 0.4) is 0 Å². The molecular weight excluding hydrogens is 232 g/mol. The molecule has 4 atom stereocenters. The van der Waals surface area contributed by atoms with E-state index in [2.05, 4.69) is 44.2 Å². The third-order valence-corrected chi connectivity index (χ3v) is 5.45. The molecule has 0 radical (unpaired) electrons. The van der Waals surface area contributed by atoms with Crippen molar-refractivity contribution in [3.8, 4) is 0 Å². The average molecular weight is 258 g/mol. The van der Waals surface area contributed by atoms with E-state index in [4.69, 9.17) is 0 Å². The van der Waals surface area contributed by atoms with Crippen molar-refractivity contribution in [2.75, 3.05) is 0 Å². The molecule has 0 amide bonds. The first-order valence-electron chi connectivity index (χ1n) is 7.87. The van der Waals surface area contributed by atoms with Gasteiger partial charge in [0.15, 0.2) is 0 Å². The molecule has 0 heterocycles. The van der Waals surface area contributed by atoms with Crippen LogP contribution in [-0.2, 0) is 0 Å². The van der Waals surface area contributed by atoms with Crippen molar-refractivity contribution < 1.29 is 5.11 Å². The Labute approximate surface area is 117 Å². The lowest BCUT2D eigenvalue weighted by Gasteiger charge is -2.39. The zero-order valence-corrected chi connectivity index (χ0v) is 12.2.